The van der Waals surface area contributed by atoms with E-state index in [0.717, 1.165) is 41.3 Å². The predicted molar refractivity (Wildman–Crippen MR) is 82.6 cm³/mol. The number of ether oxygens (including phenoxy) is 1. The summed E-state index contributed by atoms with van der Waals surface area (Å²) in [5, 5.41) is 1.04. The molecule has 0 amide bonds. The molecule has 0 heterocycles. The zero-order valence-electron chi connectivity index (χ0n) is 10.4. The largest absolute Gasteiger partial charge is 0.492 e. The van der Waals surface area contributed by atoms with Gasteiger partial charge in [-0.25, -0.2) is 0 Å². The highest BCUT2D eigenvalue weighted by molar-refractivity contribution is 9.10. The Kier molecular flexibility index (Phi) is 5.99. The van der Waals surface area contributed by atoms with Crippen LogP contribution in [0.1, 0.15) is 19.3 Å². The van der Waals surface area contributed by atoms with Crippen molar-refractivity contribution in [1.29, 1.82) is 0 Å². The standard InChI is InChI=1S/C14H19Br2NO/c15-8-9-17(13-2-1-3-13)10-11-18-14-6-4-12(16)5-7-14/h4-7,13H,1-3,8-11H2. The maximum atomic E-state index is 5.78. The Balaban J connectivity index is 1.73. The van der Waals surface area contributed by atoms with Gasteiger partial charge >= 0.3 is 0 Å². The van der Waals surface area contributed by atoms with Crippen molar-refractivity contribution in [1.82, 2.24) is 4.90 Å². The first-order valence-corrected chi connectivity index (χ1v) is 8.39. The third-order valence-corrected chi connectivity index (χ3v) is 4.31. The molecule has 1 aromatic carbocycles. The first-order valence-electron chi connectivity index (χ1n) is 6.48. The van der Waals surface area contributed by atoms with Gasteiger partial charge in [-0.2, -0.15) is 0 Å². The van der Waals surface area contributed by atoms with Crippen LogP contribution in [0.25, 0.3) is 0 Å². The average Bonchev–Trinajstić information content (AvgIpc) is 2.30. The van der Waals surface area contributed by atoms with Crippen LogP contribution in [-0.4, -0.2) is 36.0 Å². The van der Waals surface area contributed by atoms with Crippen LogP contribution in [0.2, 0.25) is 0 Å². The molecule has 4 heteroatoms. The topological polar surface area (TPSA) is 12.5 Å². The van der Waals surface area contributed by atoms with Gasteiger partial charge in [0, 0.05) is 28.9 Å². The smallest absolute Gasteiger partial charge is 0.119 e. The van der Waals surface area contributed by atoms with Gasteiger partial charge in [0.2, 0.25) is 0 Å². The third-order valence-electron chi connectivity index (χ3n) is 3.42. The second-order valence-electron chi connectivity index (χ2n) is 4.61. The minimum atomic E-state index is 0.769. The van der Waals surface area contributed by atoms with Gasteiger partial charge in [0.25, 0.3) is 0 Å². The lowest BCUT2D eigenvalue weighted by atomic mass is 9.91. The van der Waals surface area contributed by atoms with E-state index in [2.05, 4.69) is 36.8 Å². The predicted octanol–water partition coefficient (Wildman–Crippen LogP) is 4.08. The highest BCUT2D eigenvalue weighted by Gasteiger charge is 2.23. The van der Waals surface area contributed by atoms with Crippen LogP contribution >= 0.6 is 31.9 Å². The molecular weight excluding hydrogens is 358 g/mol. The number of hydrogen-bond acceptors (Lipinski definition) is 2. The van der Waals surface area contributed by atoms with E-state index in [-0.39, 0.29) is 0 Å². The fourth-order valence-electron chi connectivity index (χ4n) is 2.15. The van der Waals surface area contributed by atoms with Gasteiger partial charge in [-0.1, -0.05) is 38.3 Å². The van der Waals surface area contributed by atoms with E-state index in [1.54, 1.807) is 0 Å². The molecule has 0 bridgehead atoms. The molecule has 1 aliphatic rings. The molecule has 1 fully saturated rings. The summed E-state index contributed by atoms with van der Waals surface area (Å²) in [7, 11) is 0. The molecule has 0 atom stereocenters. The SMILES string of the molecule is BrCCN(CCOc1ccc(Br)cc1)C1CCC1. The Labute approximate surface area is 126 Å². The molecule has 1 aliphatic carbocycles. The van der Waals surface area contributed by atoms with Crippen LogP contribution in [0, 0.1) is 0 Å². The van der Waals surface area contributed by atoms with Crippen molar-refractivity contribution in [3.63, 3.8) is 0 Å². The Morgan fingerprint density at radius 1 is 1.17 bits per heavy atom. The van der Waals surface area contributed by atoms with Crippen molar-refractivity contribution >= 4 is 31.9 Å². The highest BCUT2D eigenvalue weighted by Crippen LogP contribution is 2.24. The Hall–Kier alpha value is -0.0600. The highest BCUT2D eigenvalue weighted by atomic mass is 79.9. The molecule has 0 unspecified atom stereocenters. The summed E-state index contributed by atoms with van der Waals surface area (Å²) in [5.41, 5.74) is 0. The molecule has 1 saturated carbocycles. The van der Waals surface area contributed by atoms with E-state index < -0.39 is 0 Å². The zero-order valence-corrected chi connectivity index (χ0v) is 13.6. The van der Waals surface area contributed by atoms with Crippen LogP contribution in [0.5, 0.6) is 5.75 Å². The summed E-state index contributed by atoms with van der Waals surface area (Å²) in [4.78, 5) is 2.54. The minimum absolute atomic E-state index is 0.769. The Bertz CT molecular complexity index is 351. The minimum Gasteiger partial charge on any atom is -0.492 e. The second kappa shape index (κ2) is 7.51. The van der Waals surface area contributed by atoms with Crippen LogP contribution in [0.4, 0.5) is 0 Å². The van der Waals surface area contributed by atoms with Crippen molar-refractivity contribution in [2.45, 2.75) is 25.3 Å². The maximum absolute atomic E-state index is 5.78. The summed E-state index contributed by atoms with van der Waals surface area (Å²) in [5.74, 6) is 0.950. The van der Waals surface area contributed by atoms with Gasteiger partial charge in [-0.3, -0.25) is 4.90 Å². The molecule has 100 valence electrons. The van der Waals surface area contributed by atoms with Gasteiger partial charge in [0.15, 0.2) is 0 Å². The molecule has 1 aromatic rings. The van der Waals surface area contributed by atoms with Crippen LogP contribution < -0.4 is 4.74 Å². The second-order valence-corrected chi connectivity index (χ2v) is 6.32. The van der Waals surface area contributed by atoms with Crippen LogP contribution in [-0.2, 0) is 0 Å². The van der Waals surface area contributed by atoms with Crippen LogP contribution in [0.15, 0.2) is 28.7 Å². The summed E-state index contributed by atoms with van der Waals surface area (Å²) in [6.45, 7) is 2.91. The third kappa shape index (κ3) is 4.25. The van der Waals surface area contributed by atoms with Crippen molar-refractivity contribution in [3.05, 3.63) is 28.7 Å². The van der Waals surface area contributed by atoms with E-state index in [1.807, 2.05) is 24.3 Å². The summed E-state index contributed by atoms with van der Waals surface area (Å²) >= 11 is 6.95. The normalized spacial score (nSPS) is 15.7. The van der Waals surface area contributed by atoms with Crippen molar-refractivity contribution in [2.75, 3.05) is 25.0 Å². The van der Waals surface area contributed by atoms with Gasteiger partial charge in [-0.05, 0) is 37.1 Å². The molecule has 0 radical (unpaired) electrons. The van der Waals surface area contributed by atoms with Gasteiger partial charge in [-0.15, -0.1) is 0 Å². The fourth-order valence-corrected chi connectivity index (χ4v) is 2.87. The lowest BCUT2D eigenvalue weighted by Crippen LogP contribution is -2.43. The maximum Gasteiger partial charge on any atom is 0.119 e. The van der Waals surface area contributed by atoms with Gasteiger partial charge < -0.3 is 4.74 Å². The first kappa shape index (κ1) is 14.4. The van der Waals surface area contributed by atoms with Gasteiger partial charge in [0.1, 0.15) is 12.4 Å². The number of benzene rings is 1. The fraction of sp³-hybridized carbons (Fsp3) is 0.571. The number of halogens is 2. The van der Waals surface area contributed by atoms with E-state index >= 15 is 0 Å². The monoisotopic (exact) mass is 375 g/mol. The lowest BCUT2D eigenvalue weighted by molar-refractivity contribution is 0.114. The summed E-state index contributed by atoms with van der Waals surface area (Å²) in [6, 6.07) is 8.82. The molecule has 0 spiro atoms. The molecule has 2 rings (SSSR count). The number of nitrogens with zero attached hydrogens (tertiary/aromatic N) is 1. The average molecular weight is 377 g/mol. The Morgan fingerprint density at radius 3 is 2.44 bits per heavy atom. The molecule has 0 aromatic heterocycles. The van der Waals surface area contributed by atoms with Crippen molar-refractivity contribution in [2.24, 2.45) is 0 Å². The lowest BCUT2D eigenvalue weighted by Gasteiger charge is -2.37. The molecule has 0 N–H and O–H groups in total. The first-order chi connectivity index (χ1) is 8.79. The number of alkyl halides is 1. The Morgan fingerprint density at radius 2 is 1.89 bits per heavy atom. The molecule has 0 aliphatic heterocycles. The molecular formula is C14H19Br2NO. The summed E-state index contributed by atoms with van der Waals surface area (Å²) < 4.78 is 6.87. The van der Waals surface area contributed by atoms with Crippen molar-refractivity contribution < 1.29 is 4.74 Å². The quantitative estimate of drug-likeness (QED) is 0.665. The number of rotatable bonds is 7. The molecule has 2 nitrogen and oxygen atoms in total. The molecule has 18 heavy (non-hydrogen) atoms. The van der Waals surface area contributed by atoms with Crippen molar-refractivity contribution in [3.8, 4) is 5.75 Å². The van der Waals surface area contributed by atoms with E-state index in [4.69, 9.17) is 4.74 Å². The van der Waals surface area contributed by atoms with E-state index in [0.29, 0.717) is 0 Å². The number of hydrogen-bond donors (Lipinski definition) is 0. The van der Waals surface area contributed by atoms with Crippen LogP contribution in [0.3, 0.4) is 0 Å². The summed E-state index contributed by atoms with van der Waals surface area (Å²) in [6.07, 6.45) is 4.09. The van der Waals surface area contributed by atoms with Gasteiger partial charge in [0.05, 0.1) is 0 Å². The van der Waals surface area contributed by atoms with E-state index in [9.17, 15) is 0 Å². The zero-order chi connectivity index (χ0) is 12.8. The molecule has 0 saturated heterocycles. The van der Waals surface area contributed by atoms with E-state index in [1.165, 1.54) is 19.3 Å².